The van der Waals surface area contributed by atoms with Crippen LogP contribution in [0.5, 0.6) is 0 Å². The molecule has 0 bridgehead atoms. The number of nitrogens with one attached hydrogen (secondary N) is 1. The molecule has 13 heavy (non-hydrogen) atoms. The van der Waals surface area contributed by atoms with Gasteiger partial charge < -0.3 is 9.84 Å². The Morgan fingerprint density at radius 1 is 1.69 bits per heavy atom. The van der Waals surface area contributed by atoms with Crippen molar-refractivity contribution in [1.29, 1.82) is 0 Å². The van der Waals surface area contributed by atoms with Crippen LogP contribution < -0.4 is 5.56 Å². The monoisotopic (exact) mass is 250 g/mol. The lowest BCUT2D eigenvalue weighted by molar-refractivity contribution is 0.179. The summed E-state index contributed by atoms with van der Waals surface area (Å²) in [7, 11) is 1.55. The number of hydrogen-bond donors (Lipinski definition) is 2. The average molecular weight is 251 g/mol. The Kier molecular flexibility index (Phi) is 3.71. The van der Waals surface area contributed by atoms with Crippen LogP contribution in [0.1, 0.15) is 5.69 Å². The van der Waals surface area contributed by atoms with Crippen molar-refractivity contribution in [1.82, 2.24) is 9.78 Å². The molecular formula is C7H11BrN2O3. The van der Waals surface area contributed by atoms with Crippen LogP contribution in [0.4, 0.5) is 0 Å². The highest BCUT2D eigenvalue weighted by Gasteiger charge is 2.10. The molecule has 0 unspecified atom stereocenters. The van der Waals surface area contributed by atoms with Crippen molar-refractivity contribution in [3.05, 3.63) is 20.5 Å². The summed E-state index contributed by atoms with van der Waals surface area (Å²) >= 11 is 3.15. The maximum absolute atomic E-state index is 11.4. The molecule has 0 atom stereocenters. The van der Waals surface area contributed by atoms with Crippen molar-refractivity contribution in [2.75, 3.05) is 13.7 Å². The summed E-state index contributed by atoms with van der Waals surface area (Å²) in [6.07, 6.45) is 0. The first-order valence-corrected chi connectivity index (χ1v) is 4.57. The van der Waals surface area contributed by atoms with E-state index in [4.69, 9.17) is 9.84 Å². The first-order valence-electron chi connectivity index (χ1n) is 3.77. The van der Waals surface area contributed by atoms with Gasteiger partial charge in [-0.1, -0.05) is 0 Å². The summed E-state index contributed by atoms with van der Waals surface area (Å²) in [4.78, 5) is 11.4. The number of aliphatic hydroxyl groups excluding tert-OH is 1. The largest absolute Gasteiger partial charge is 0.394 e. The van der Waals surface area contributed by atoms with E-state index in [1.165, 1.54) is 4.68 Å². The molecule has 1 aromatic heterocycles. The number of methoxy groups -OCH3 is 1. The quantitative estimate of drug-likeness (QED) is 0.796. The predicted molar refractivity (Wildman–Crippen MR) is 50.6 cm³/mol. The van der Waals surface area contributed by atoms with Gasteiger partial charge in [-0.2, -0.15) is 0 Å². The molecule has 5 nitrogen and oxygen atoms in total. The second kappa shape index (κ2) is 4.59. The maximum atomic E-state index is 11.4. The van der Waals surface area contributed by atoms with Gasteiger partial charge in [-0.25, -0.2) is 4.68 Å². The van der Waals surface area contributed by atoms with Crippen LogP contribution in [0, 0.1) is 0 Å². The molecule has 0 saturated heterocycles. The van der Waals surface area contributed by atoms with Crippen molar-refractivity contribution in [3.8, 4) is 0 Å². The predicted octanol–water partition coefficient (Wildman–Crippen LogP) is 0.0776. The zero-order valence-corrected chi connectivity index (χ0v) is 8.80. The molecule has 0 amide bonds. The Morgan fingerprint density at radius 3 is 2.92 bits per heavy atom. The lowest BCUT2D eigenvalue weighted by Crippen LogP contribution is -2.18. The standard InChI is InChI=1S/C7H11BrN2O3/c1-13-4-5-6(8)7(12)10(9-5)2-3-11/h9,11H,2-4H2,1H3. The van der Waals surface area contributed by atoms with Gasteiger partial charge in [0.1, 0.15) is 4.47 Å². The molecule has 6 heteroatoms. The molecule has 0 aliphatic rings. The Bertz CT molecular complexity index is 331. The molecule has 0 radical (unpaired) electrons. The van der Waals surface area contributed by atoms with E-state index in [-0.39, 0.29) is 18.7 Å². The Morgan fingerprint density at radius 2 is 2.38 bits per heavy atom. The first kappa shape index (κ1) is 10.5. The normalized spacial score (nSPS) is 10.7. The van der Waals surface area contributed by atoms with Gasteiger partial charge in [-0.05, 0) is 15.9 Å². The second-order valence-corrected chi connectivity index (χ2v) is 3.31. The van der Waals surface area contributed by atoms with E-state index in [9.17, 15) is 4.79 Å². The van der Waals surface area contributed by atoms with Crippen molar-refractivity contribution in [2.45, 2.75) is 13.2 Å². The third-order valence-corrected chi connectivity index (χ3v) is 2.40. The Balaban J connectivity index is 2.98. The molecule has 0 fully saturated rings. The van der Waals surface area contributed by atoms with E-state index in [1.807, 2.05) is 0 Å². The van der Waals surface area contributed by atoms with Gasteiger partial charge in [-0.3, -0.25) is 9.89 Å². The van der Waals surface area contributed by atoms with E-state index in [0.717, 1.165) is 0 Å². The highest BCUT2D eigenvalue weighted by molar-refractivity contribution is 9.10. The van der Waals surface area contributed by atoms with Crippen LogP contribution in [0.2, 0.25) is 0 Å². The van der Waals surface area contributed by atoms with Crippen molar-refractivity contribution in [2.24, 2.45) is 0 Å². The van der Waals surface area contributed by atoms with Crippen LogP contribution >= 0.6 is 15.9 Å². The molecule has 0 aliphatic carbocycles. The number of H-pyrrole nitrogens is 1. The van der Waals surface area contributed by atoms with Gasteiger partial charge in [0, 0.05) is 7.11 Å². The molecule has 0 saturated carbocycles. The molecular weight excluding hydrogens is 240 g/mol. The fraction of sp³-hybridized carbons (Fsp3) is 0.571. The van der Waals surface area contributed by atoms with E-state index in [2.05, 4.69) is 21.0 Å². The summed E-state index contributed by atoms with van der Waals surface area (Å²) < 4.78 is 6.67. The zero-order valence-electron chi connectivity index (χ0n) is 7.21. The molecule has 1 aromatic rings. The van der Waals surface area contributed by atoms with Gasteiger partial charge in [0.05, 0.1) is 25.5 Å². The summed E-state index contributed by atoms with van der Waals surface area (Å²) in [6.45, 7) is 0.536. The summed E-state index contributed by atoms with van der Waals surface area (Å²) in [6, 6.07) is 0. The summed E-state index contributed by atoms with van der Waals surface area (Å²) in [5.41, 5.74) is 0.502. The van der Waals surface area contributed by atoms with E-state index >= 15 is 0 Å². The number of aliphatic hydroxyl groups is 1. The van der Waals surface area contributed by atoms with Crippen LogP contribution in [-0.4, -0.2) is 28.6 Å². The Labute approximate surface area is 83.4 Å². The van der Waals surface area contributed by atoms with Crippen LogP contribution in [0.15, 0.2) is 9.27 Å². The van der Waals surface area contributed by atoms with Crippen LogP contribution in [-0.2, 0) is 17.9 Å². The smallest absolute Gasteiger partial charge is 0.281 e. The number of ether oxygens (including phenoxy) is 1. The highest BCUT2D eigenvalue weighted by Crippen LogP contribution is 2.09. The van der Waals surface area contributed by atoms with E-state index in [1.54, 1.807) is 7.11 Å². The van der Waals surface area contributed by atoms with Gasteiger partial charge in [0.2, 0.25) is 0 Å². The lowest BCUT2D eigenvalue weighted by Gasteiger charge is -1.97. The summed E-state index contributed by atoms with van der Waals surface area (Å²) in [5.74, 6) is 0. The van der Waals surface area contributed by atoms with Gasteiger partial charge in [0.15, 0.2) is 0 Å². The topological polar surface area (TPSA) is 67.2 Å². The van der Waals surface area contributed by atoms with Crippen LogP contribution in [0.25, 0.3) is 0 Å². The molecule has 0 aromatic carbocycles. The maximum Gasteiger partial charge on any atom is 0.281 e. The first-order chi connectivity index (χ1) is 6.20. The molecule has 0 aliphatic heterocycles. The van der Waals surface area contributed by atoms with Gasteiger partial charge in [-0.15, -0.1) is 0 Å². The number of halogens is 1. The van der Waals surface area contributed by atoms with Gasteiger partial charge in [0.25, 0.3) is 5.56 Å². The number of rotatable bonds is 4. The van der Waals surface area contributed by atoms with E-state index in [0.29, 0.717) is 16.8 Å². The third kappa shape index (κ3) is 2.20. The molecule has 0 spiro atoms. The van der Waals surface area contributed by atoms with Crippen LogP contribution in [0.3, 0.4) is 0 Å². The number of hydrogen-bond acceptors (Lipinski definition) is 3. The van der Waals surface area contributed by atoms with Crippen molar-refractivity contribution < 1.29 is 9.84 Å². The van der Waals surface area contributed by atoms with Gasteiger partial charge >= 0.3 is 0 Å². The fourth-order valence-corrected chi connectivity index (χ4v) is 1.42. The Hall–Kier alpha value is -0.590. The zero-order chi connectivity index (χ0) is 9.84. The minimum absolute atomic E-state index is 0.0702. The SMILES string of the molecule is COCc1[nH]n(CCO)c(=O)c1Br. The van der Waals surface area contributed by atoms with Crippen molar-refractivity contribution >= 4 is 15.9 Å². The summed E-state index contributed by atoms with van der Waals surface area (Å²) in [5, 5.41) is 11.5. The number of aromatic amines is 1. The minimum atomic E-state index is -0.180. The second-order valence-electron chi connectivity index (χ2n) is 2.52. The molecule has 2 N–H and O–H groups in total. The highest BCUT2D eigenvalue weighted by atomic mass is 79.9. The molecule has 1 rings (SSSR count). The lowest BCUT2D eigenvalue weighted by atomic mass is 10.5. The van der Waals surface area contributed by atoms with E-state index < -0.39 is 0 Å². The minimum Gasteiger partial charge on any atom is -0.394 e. The molecule has 1 heterocycles. The average Bonchev–Trinajstić information content (AvgIpc) is 2.36. The number of aromatic nitrogens is 2. The molecule has 74 valence electrons. The van der Waals surface area contributed by atoms with Crippen molar-refractivity contribution in [3.63, 3.8) is 0 Å². The third-order valence-electron chi connectivity index (χ3n) is 1.58. The fourth-order valence-electron chi connectivity index (χ4n) is 1.01. The number of nitrogens with zero attached hydrogens (tertiary/aromatic N) is 1.